The molecular formula is C35H45ClN4O4. The second-order valence-electron chi connectivity index (χ2n) is 12.7. The van der Waals surface area contributed by atoms with Gasteiger partial charge in [-0.15, -0.1) is 0 Å². The Morgan fingerprint density at radius 3 is 2.59 bits per heavy atom. The number of nitrogens with zero attached hydrogens (tertiary/aromatic N) is 2. The molecule has 1 saturated heterocycles. The highest BCUT2D eigenvalue weighted by atomic mass is 35.5. The van der Waals surface area contributed by atoms with Gasteiger partial charge in [0.15, 0.2) is 0 Å². The summed E-state index contributed by atoms with van der Waals surface area (Å²) in [5.74, 6) is 0.605. The Balaban J connectivity index is 1.47. The van der Waals surface area contributed by atoms with E-state index in [0.29, 0.717) is 53.7 Å². The monoisotopic (exact) mass is 620 g/mol. The van der Waals surface area contributed by atoms with Gasteiger partial charge in [0, 0.05) is 42.4 Å². The molecule has 2 heterocycles. The van der Waals surface area contributed by atoms with Crippen molar-refractivity contribution in [1.82, 2.24) is 20.5 Å². The summed E-state index contributed by atoms with van der Waals surface area (Å²) in [5.41, 5.74) is 2.61. The van der Waals surface area contributed by atoms with Gasteiger partial charge in [-0.05, 0) is 101 Å². The predicted octanol–water partition coefficient (Wildman–Crippen LogP) is 6.36. The number of fused-ring (bicyclic) bond motifs is 1. The van der Waals surface area contributed by atoms with Gasteiger partial charge in [-0.3, -0.25) is 4.79 Å². The molecule has 0 radical (unpaired) electrons. The van der Waals surface area contributed by atoms with Crippen LogP contribution in [0.2, 0.25) is 5.02 Å². The van der Waals surface area contributed by atoms with Gasteiger partial charge >= 0.3 is 6.09 Å². The molecule has 0 spiro atoms. The molecule has 1 aliphatic carbocycles. The van der Waals surface area contributed by atoms with Gasteiger partial charge in [0.2, 0.25) is 5.91 Å². The van der Waals surface area contributed by atoms with Gasteiger partial charge < -0.3 is 25.7 Å². The van der Waals surface area contributed by atoms with Gasteiger partial charge in [0.25, 0.3) is 0 Å². The molecule has 2 aliphatic rings. The lowest BCUT2D eigenvalue weighted by atomic mass is 9.72. The molecule has 1 saturated carbocycles. The molecule has 5 rings (SSSR count). The van der Waals surface area contributed by atoms with Crippen molar-refractivity contribution in [2.45, 2.75) is 63.9 Å². The molecule has 3 aromatic rings. The number of carbonyl (C=O) groups excluding carboxylic acids is 1. The summed E-state index contributed by atoms with van der Waals surface area (Å²) in [5, 5.41) is 29.2. The maximum absolute atomic E-state index is 13.8. The fourth-order valence-corrected chi connectivity index (χ4v) is 7.69. The second kappa shape index (κ2) is 14.3. The van der Waals surface area contributed by atoms with Crippen LogP contribution < -0.4 is 10.6 Å². The number of rotatable bonds is 10. The normalized spacial score (nSPS) is 22.0. The SMILES string of the molecule is CNCC1CCC(C(=O)N2CCCC(C(O)(CCCNC(=O)O)c3cccc(Cl)c3-c3ccc4cccc(C)c4n3)C2)CC1. The van der Waals surface area contributed by atoms with E-state index in [4.69, 9.17) is 21.7 Å². The average molecular weight is 621 g/mol. The first-order valence-electron chi connectivity index (χ1n) is 16.0. The minimum absolute atomic E-state index is 0.0292. The number of para-hydroxylation sites is 1. The Labute approximate surface area is 265 Å². The predicted molar refractivity (Wildman–Crippen MR) is 175 cm³/mol. The number of halogens is 1. The highest BCUT2D eigenvalue weighted by molar-refractivity contribution is 6.33. The topological polar surface area (TPSA) is 115 Å². The number of pyridine rings is 1. The number of carboxylic acid groups (broad SMARTS) is 1. The van der Waals surface area contributed by atoms with E-state index in [1.54, 1.807) is 0 Å². The Hall–Kier alpha value is -3.20. The van der Waals surface area contributed by atoms with E-state index in [1.807, 2.05) is 67.4 Å². The van der Waals surface area contributed by atoms with Crippen molar-refractivity contribution >= 4 is 34.5 Å². The van der Waals surface area contributed by atoms with E-state index >= 15 is 0 Å². The molecule has 4 N–H and O–H groups in total. The first kappa shape index (κ1) is 32.2. The molecule has 1 aliphatic heterocycles. The third kappa shape index (κ3) is 7.03. The van der Waals surface area contributed by atoms with E-state index in [0.717, 1.165) is 61.5 Å². The van der Waals surface area contributed by atoms with Crippen LogP contribution in [-0.4, -0.2) is 65.3 Å². The molecule has 2 atom stereocenters. The van der Waals surface area contributed by atoms with Crippen LogP contribution in [0.25, 0.3) is 22.2 Å². The van der Waals surface area contributed by atoms with E-state index in [-0.39, 0.29) is 24.3 Å². The van der Waals surface area contributed by atoms with Gasteiger partial charge in [-0.2, -0.15) is 0 Å². The molecule has 2 amide bonds. The van der Waals surface area contributed by atoms with Crippen LogP contribution >= 0.6 is 11.6 Å². The van der Waals surface area contributed by atoms with Crippen LogP contribution in [0.4, 0.5) is 4.79 Å². The summed E-state index contributed by atoms with van der Waals surface area (Å²) in [6.07, 6.45) is 5.12. The average Bonchev–Trinajstić information content (AvgIpc) is 3.03. The summed E-state index contributed by atoms with van der Waals surface area (Å²) in [7, 11) is 1.98. The lowest BCUT2D eigenvalue weighted by Gasteiger charge is -2.44. The summed E-state index contributed by atoms with van der Waals surface area (Å²) in [6, 6.07) is 15.6. The van der Waals surface area contributed by atoms with Crippen LogP contribution in [0.15, 0.2) is 48.5 Å². The first-order valence-corrected chi connectivity index (χ1v) is 16.4. The number of aryl methyl sites for hydroxylation is 1. The van der Waals surface area contributed by atoms with Gasteiger partial charge in [-0.1, -0.05) is 48.0 Å². The van der Waals surface area contributed by atoms with Gasteiger partial charge in [0.05, 0.1) is 21.8 Å². The lowest BCUT2D eigenvalue weighted by Crippen LogP contribution is -2.50. The number of aromatic nitrogens is 1. The zero-order valence-corrected chi connectivity index (χ0v) is 26.6. The van der Waals surface area contributed by atoms with Gasteiger partial charge in [-0.25, -0.2) is 9.78 Å². The minimum Gasteiger partial charge on any atom is -0.465 e. The summed E-state index contributed by atoms with van der Waals surface area (Å²) in [6.45, 7) is 4.38. The van der Waals surface area contributed by atoms with Crippen LogP contribution in [0.5, 0.6) is 0 Å². The van der Waals surface area contributed by atoms with Crippen molar-refractivity contribution in [2.75, 3.05) is 33.2 Å². The fraction of sp³-hybridized carbons (Fsp3) is 0.514. The minimum atomic E-state index is -1.35. The highest BCUT2D eigenvalue weighted by Gasteiger charge is 2.44. The van der Waals surface area contributed by atoms with Crippen LogP contribution in [-0.2, 0) is 10.4 Å². The summed E-state index contributed by atoms with van der Waals surface area (Å²) in [4.78, 5) is 32.0. The smallest absolute Gasteiger partial charge is 0.404 e. The highest BCUT2D eigenvalue weighted by Crippen LogP contribution is 2.46. The largest absolute Gasteiger partial charge is 0.465 e. The number of benzene rings is 2. The van der Waals surface area contributed by atoms with Crippen LogP contribution in [0.1, 0.15) is 62.5 Å². The zero-order chi connectivity index (χ0) is 31.3. The zero-order valence-electron chi connectivity index (χ0n) is 25.8. The third-order valence-electron chi connectivity index (χ3n) is 9.77. The molecule has 2 unspecified atom stereocenters. The van der Waals surface area contributed by atoms with E-state index in [9.17, 15) is 14.7 Å². The Morgan fingerprint density at radius 2 is 1.84 bits per heavy atom. The molecule has 0 bridgehead atoms. The number of aliphatic hydroxyl groups is 1. The molecule has 236 valence electrons. The molecular weight excluding hydrogens is 576 g/mol. The Bertz CT molecular complexity index is 1470. The fourth-order valence-electron chi connectivity index (χ4n) is 7.42. The molecule has 2 aromatic carbocycles. The van der Waals surface area contributed by atoms with Crippen molar-refractivity contribution in [3.63, 3.8) is 0 Å². The standard InChI is InChI=1S/C35H45ClN4O4/c1-23-7-3-8-25-16-17-30(39-32(23)25)31-28(10-4-11-29(31)36)35(44,18-6-19-38-34(42)43)27-9-5-20-40(22-27)33(41)26-14-12-24(13-15-26)21-37-2/h3-4,7-8,10-11,16-17,24,26-27,37-38,44H,5-6,9,12-15,18-22H2,1-2H3,(H,42,43). The van der Waals surface area contributed by atoms with E-state index in [2.05, 4.69) is 10.6 Å². The lowest BCUT2D eigenvalue weighted by molar-refractivity contribution is -0.142. The first-order chi connectivity index (χ1) is 21.2. The number of likely N-dealkylation sites (tertiary alicyclic amines) is 1. The number of nitrogens with one attached hydrogen (secondary N) is 2. The Kier molecular flexibility index (Phi) is 10.4. The number of carbonyl (C=O) groups is 2. The number of hydrogen-bond acceptors (Lipinski definition) is 5. The van der Waals surface area contributed by atoms with Crippen molar-refractivity contribution in [3.8, 4) is 11.3 Å². The van der Waals surface area contributed by atoms with Crippen molar-refractivity contribution in [1.29, 1.82) is 0 Å². The van der Waals surface area contributed by atoms with Crippen LogP contribution in [0, 0.1) is 24.7 Å². The number of amides is 2. The third-order valence-corrected chi connectivity index (χ3v) is 10.1. The van der Waals surface area contributed by atoms with E-state index in [1.165, 1.54) is 0 Å². The Morgan fingerprint density at radius 1 is 1.07 bits per heavy atom. The van der Waals surface area contributed by atoms with Crippen molar-refractivity contribution in [2.24, 2.45) is 17.8 Å². The summed E-state index contributed by atoms with van der Waals surface area (Å²) < 4.78 is 0. The molecule has 8 nitrogen and oxygen atoms in total. The van der Waals surface area contributed by atoms with Gasteiger partial charge in [0.1, 0.15) is 0 Å². The van der Waals surface area contributed by atoms with Crippen molar-refractivity contribution in [3.05, 3.63) is 64.7 Å². The van der Waals surface area contributed by atoms with Crippen LogP contribution in [0.3, 0.4) is 0 Å². The second-order valence-corrected chi connectivity index (χ2v) is 13.1. The molecule has 9 heteroatoms. The molecule has 1 aromatic heterocycles. The maximum atomic E-state index is 13.8. The number of piperidine rings is 1. The van der Waals surface area contributed by atoms with Crippen molar-refractivity contribution < 1.29 is 19.8 Å². The molecule has 44 heavy (non-hydrogen) atoms. The summed E-state index contributed by atoms with van der Waals surface area (Å²) >= 11 is 6.91. The quantitative estimate of drug-likeness (QED) is 0.196. The molecule has 2 fully saturated rings. The number of hydrogen-bond donors (Lipinski definition) is 4. The van der Waals surface area contributed by atoms with E-state index < -0.39 is 11.7 Å². The maximum Gasteiger partial charge on any atom is 0.404 e.